The second kappa shape index (κ2) is 8.71. The van der Waals surface area contributed by atoms with Crippen LogP contribution in [0.25, 0.3) is 16.2 Å². The molecule has 0 bridgehead atoms. The van der Waals surface area contributed by atoms with Crippen molar-refractivity contribution in [3.05, 3.63) is 23.5 Å². The number of benzene rings is 1. The molecule has 2 aromatic heterocycles. The van der Waals surface area contributed by atoms with Crippen LogP contribution < -0.4 is 9.62 Å². The second-order valence-electron chi connectivity index (χ2n) is 8.60. The summed E-state index contributed by atoms with van der Waals surface area (Å²) < 4.78 is 62.3. The van der Waals surface area contributed by atoms with Crippen molar-refractivity contribution in [1.29, 1.82) is 5.26 Å². The fourth-order valence-corrected chi connectivity index (χ4v) is 6.15. The fourth-order valence-electron chi connectivity index (χ4n) is 4.05. The number of rotatable bonds is 7. The van der Waals surface area contributed by atoms with Crippen LogP contribution in [0.3, 0.4) is 0 Å². The van der Waals surface area contributed by atoms with Gasteiger partial charge >= 0.3 is 0 Å². The zero-order valence-electron chi connectivity index (χ0n) is 18.4. The molecule has 1 aliphatic heterocycles. The maximum atomic E-state index is 13.3. The molecular weight excluding hydrogens is 504 g/mol. The molecule has 1 aliphatic carbocycles. The summed E-state index contributed by atoms with van der Waals surface area (Å²) in [5, 5.41) is 26.0. The van der Waals surface area contributed by atoms with Gasteiger partial charge in [-0.3, -0.25) is 4.57 Å². The number of aliphatic hydroxyl groups is 1. The Morgan fingerprint density at radius 3 is 2.77 bits per heavy atom. The highest BCUT2D eigenvalue weighted by Gasteiger charge is 2.47. The lowest BCUT2D eigenvalue weighted by Gasteiger charge is -2.37. The minimum absolute atomic E-state index is 0.107. The monoisotopic (exact) mass is 525 g/mol. The van der Waals surface area contributed by atoms with Crippen molar-refractivity contribution in [2.24, 2.45) is 0 Å². The molecule has 0 radical (unpaired) electrons. The fraction of sp³-hybridized carbons (Fsp3) is 0.500. The number of imidazole rings is 1. The van der Waals surface area contributed by atoms with Crippen molar-refractivity contribution < 1.29 is 27.0 Å². The molecule has 1 aromatic carbocycles. The second-order valence-corrected chi connectivity index (χ2v) is 11.3. The van der Waals surface area contributed by atoms with Crippen LogP contribution in [0.15, 0.2) is 23.4 Å². The Balaban J connectivity index is 1.66. The predicted molar refractivity (Wildman–Crippen MR) is 121 cm³/mol. The summed E-state index contributed by atoms with van der Waals surface area (Å²) in [4.78, 5) is 6.19. The first kappa shape index (κ1) is 23.9. The number of anilines is 1. The lowest BCUT2D eigenvalue weighted by atomic mass is 10.1. The van der Waals surface area contributed by atoms with Crippen LogP contribution in [0.4, 0.5) is 14.5 Å². The number of nitrogens with one attached hydrogen (secondary N) is 1. The Bertz CT molecular complexity index is 1410. The molecule has 1 saturated heterocycles. The van der Waals surface area contributed by atoms with Gasteiger partial charge in [0.2, 0.25) is 15.2 Å². The number of nitriles is 1. The molecule has 2 N–H and O–H groups in total. The summed E-state index contributed by atoms with van der Waals surface area (Å²) in [6.45, 7) is 2.32. The third kappa shape index (κ3) is 4.47. The third-order valence-electron chi connectivity index (χ3n) is 5.90. The first-order chi connectivity index (χ1) is 16.6. The molecule has 15 heteroatoms. The molecule has 3 heterocycles. The molecule has 0 unspecified atom stereocenters. The molecule has 2 aliphatic rings. The standard InChI is InChI=1S/C20H21F2N7O4S2/c1-11-6-28(7-12(8-30)33-11)14-4-13(35(31,32)27-20(9-23)2-3-20)5-15-16(14)24-10-29(15)19-26-25-18(34-19)17(21)22/h4-5,10-12,17,27,30H,2-3,6-8H2,1H3/t11-,12+/m0/s1. The van der Waals surface area contributed by atoms with Gasteiger partial charge in [-0.15, -0.1) is 10.2 Å². The number of ether oxygens (including phenoxy) is 1. The maximum Gasteiger partial charge on any atom is 0.291 e. The van der Waals surface area contributed by atoms with E-state index in [1.165, 1.54) is 23.0 Å². The van der Waals surface area contributed by atoms with Crippen molar-refractivity contribution in [2.45, 2.75) is 48.8 Å². The van der Waals surface area contributed by atoms with Gasteiger partial charge in [-0.1, -0.05) is 11.3 Å². The number of fused-ring (bicyclic) bond motifs is 1. The number of nitrogens with zero attached hydrogens (tertiary/aromatic N) is 6. The molecule has 2 fully saturated rings. The molecule has 0 amide bonds. The lowest BCUT2D eigenvalue weighted by Crippen LogP contribution is -2.48. The molecule has 5 rings (SSSR count). The number of hydrogen-bond acceptors (Lipinski definition) is 10. The molecule has 3 aromatic rings. The average molecular weight is 526 g/mol. The molecule has 1 saturated carbocycles. The van der Waals surface area contributed by atoms with Crippen molar-refractivity contribution in [1.82, 2.24) is 24.5 Å². The summed E-state index contributed by atoms with van der Waals surface area (Å²) in [6, 6.07) is 4.85. The van der Waals surface area contributed by atoms with Crippen molar-refractivity contribution >= 4 is 38.1 Å². The first-order valence-corrected chi connectivity index (χ1v) is 13.0. The quantitative estimate of drug-likeness (QED) is 0.471. The highest BCUT2D eigenvalue weighted by Crippen LogP contribution is 2.38. The molecular formula is C20H21F2N7O4S2. The van der Waals surface area contributed by atoms with Gasteiger partial charge in [0, 0.05) is 13.1 Å². The number of aromatic nitrogens is 4. The van der Waals surface area contributed by atoms with Crippen LogP contribution in [0.5, 0.6) is 0 Å². The Morgan fingerprint density at radius 2 is 2.14 bits per heavy atom. The van der Waals surface area contributed by atoms with E-state index in [-0.39, 0.29) is 29.3 Å². The molecule has 0 spiro atoms. The predicted octanol–water partition coefficient (Wildman–Crippen LogP) is 1.74. The van der Waals surface area contributed by atoms with E-state index in [1.807, 2.05) is 17.9 Å². The topological polar surface area (TPSA) is 146 Å². The summed E-state index contributed by atoms with van der Waals surface area (Å²) >= 11 is 0.672. The van der Waals surface area contributed by atoms with Gasteiger partial charge in [0.1, 0.15) is 17.4 Å². The summed E-state index contributed by atoms with van der Waals surface area (Å²) in [5.41, 5.74) is 0.0802. The van der Waals surface area contributed by atoms with Crippen LogP contribution in [0, 0.1) is 11.3 Å². The highest BCUT2D eigenvalue weighted by atomic mass is 32.2. The Kier molecular flexibility index (Phi) is 5.96. The smallest absolute Gasteiger partial charge is 0.291 e. The largest absolute Gasteiger partial charge is 0.394 e. The van der Waals surface area contributed by atoms with Crippen LogP contribution in [-0.2, 0) is 14.8 Å². The van der Waals surface area contributed by atoms with Crippen LogP contribution >= 0.6 is 11.3 Å². The summed E-state index contributed by atoms with van der Waals surface area (Å²) in [7, 11) is -4.11. The number of sulfonamides is 1. The van der Waals surface area contributed by atoms with Crippen LogP contribution in [0.2, 0.25) is 0 Å². The van der Waals surface area contributed by atoms with Gasteiger partial charge < -0.3 is 14.7 Å². The van der Waals surface area contributed by atoms with Crippen LogP contribution in [0.1, 0.15) is 31.2 Å². The van der Waals surface area contributed by atoms with E-state index in [9.17, 15) is 27.6 Å². The molecule has 186 valence electrons. The van der Waals surface area contributed by atoms with E-state index in [2.05, 4.69) is 19.9 Å². The third-order valence-corrected chi connectivity index (χ3v) is 8.35. The minimum atomic E-state index is -4.11. The number of hydrogen-bond donors (Lipinski definition) is 2. The van der Waals surface area contributed by atoms with Gasteiger partial charge in [-0.05, 0) is 31.9 Å². The maximum absolute atomic E-state index is 13.3. The lowest BCUT2D eigenvalue weighted by molar-refractivity contribution is -0.0420. The van der Waals surface area contributed by atoms with E-state index >= 15 is 0 Å². The van der Waals surface area contributed by atoms with Crippen molar-refractivity contribution in [3.63, 3.8) is 0 Å². The Morgan fingerprint density at radius 1 is 1.37 bits per heavy atom. The minimum Gasteiger partial charge on any atom is -0.394 e. The van der Waals surface area contributed by atoms with E-state index in [1.54, 1.807) is 0 Å². The normalized spacial score (nSPS) is 22.0. The number of aliphatic hydroxyl groups excluding tert-OH is 1. The van der Waals surface area contributed by atoms with Gasteiger partial charge in [-0.25, -0.2) is 22.2 Å². The number of morpholine rings is 1. The number of halogens is 2. The average Bonchev–Trinajstić information content (AvgIpc) is 3.21. The van der Waals surface area contributed by atoms with E-state index in [4.69, 9.17) is 4.74 Å². The van der Waals surface area contributed by atoms with E-state index in [0.29, 0.717) is 47.4 Å². The van der Waals surface area contributed by atoms with E-state index in [0.717, 1.165) is 0 Å². The number of alkyl halides is 2. The molecule has 11 nitrogen and oxygen atoms in total. The van der Waals surface area contributed by atoms with Gasteiger partial charge in [-0.2, -0.15) is 9.98 Å². The highest BCUT2D eigenvalue weighted by molar-refractivity contribution is 7.89. The van der Waals surface area contributed by atoms with Gasteiger partial charge in [0.15, 0.2) is 5.01 Å². The van der Waals surface area contributed by atoms with E-state index < -0.39 is 33.1 Å². The van der Waals surface area contributed by atoms with Crippen LogP contribution in [-0.4, -0.2) is 70.7 Å². The Labute approximate surface area is 203 Å². The van der Waals surface area contributed by atoms with Gasteiger partial charge in [0.25, 0.3) is 6.43 Å². The first-order valence-electron chi connectivity index (χ1n) is 10.7. The van der Waals surface area contributed by atoms with Crippen molar-refractivity contribution in [3.8, 4) is 11.2 Å². The zero-order valence-corrected chi connectivity index (χ0v) is 20.1. The Hall–Kier alpha value is -2.77. The summed E-state index contributed by atoms with van der Waals surface area (Å²) in [5.74, 6) is 0. The molecule has 35 heavy (non-hydrogen) atoms. The molecule has 2 atom stereocenters. The summed E-state index contributed by atoms with van der Waals surface area (Å²) in [6.07, 6.45) is -1.33. The SMILES string of the molecule is C[C@H]1CN(c2cc(S(=O)(=O)NC3(C#N)CC3)cc3c2ncn3-c2nnc(C(F)F)s2)C[C@H](CO)O1. The van der Waals surface area contributed by atoms with Gasteiger partial charge in [0.05, 0.1) is 41.0 Å². The van der Waals surface area contributed by atoms with Crippen molar-refractivity contribution in [2.75, 3.05) is 24.6 Å². The zero-order chi connectivity index (χ0) is 25.0.